The van der Waals surface area contributed by atoms with Crippen LogP contribution in [0.5, 0.6) is 0 Å². The molecule has 0 aliphatic rings. The second-order valence-corrected chi connectivity index (χ2v) is 4.72. The van der Waals surface area contributed by atoms with Crippen molar-refractivity contribution in [1.29, 1.82) is 10.5 Å². The third-order valence-corrected chi connectivity index (χ3v) is 3.73. The van der Waals surface area contributed by atoms with Crippen molar-refractivity contribution in [2.24, 2.45) is 4.99 Å². The lowest BCUT2D eigenvalue weighted by Crippen LogP contribution is -1.94. The van der Waals surface area contributed by atoms with Crippen LogP contribution in [0.3, 0.4) is 0 Å². The van der Waals surface area contributed by atoms with Crippen molar-refractivity contribution in [3.8, 4) is 12.1 Å². The second-order valence-electron chi connectivity index (χ2n) is 3.69. The summed E-state index contributed by atoms with van der Waals surface area (Å²) in [5, 5.41) is 19.6. The van der Waals surface area contributed by atoms with Crippen LogP contribution in [0.2, 0.25) is 0 Å². The van der Waals surface area contributed by atoms with E-state index in [4.69, 9.17) is 10.5 Å². The Kier molecular flexibility index (Phi) is 3.23. The summed E-state index contributed by atoms with van der Waals surface area (Å²) in [5.41, 5.74) is 1.19. The van der Waals surface area contributed by atoms with Gasteiger partial charge in [0.1, 0.15) is 17.1 Å². The number of rotatable bonds is 2. The minimum Gasteiger partial charge on any atom is -0.225 e. The molecule has 0 saturated heterocycles. The summed E-state index contributed by atoms with van der Waals surface area (Å²) in [6.07, 6.45) is 0. The van der Waals surface area contributed by atoms with Crippen molar-refractivity contribution < 1.29 is 0 Å². The lowest BCUT2D eigenvalue weighted by Gasteiger charge is -1.93. The lowest BCUT2D eigenvalue weighted by atomic mass is 10.2. The fourth-order valence-electron chi connectivity index (χ4n) is 1.58. The summed E-state index contributed by atoms with van der Waals surface area (Å²) in [4.78, 5) is 4.24. The minimum atomic E-state index is 0.0761. The smallest absolute Gasteiger partial charge is 0.159 e. The molecule has 0 amide bonds. The molecule has 0 saturated carbocycles. The molecule has 0 radical (unpaired) electrons. The minimum absolute atomic E-state index is 0.0761. The number of fused-ring (bicyclic) bond motifs is 1. The topological polar surface area (TPSA) is 59.9 Å². The molecule has 0 atom stereocenters. The maximum Gasteiger partial charge on any atom is 0.159 e. The molecule has 86 valence electrons. The highest BCUT2D eigenvalue weighted by molar-refractivity contribution is 7.22. The highest BCUT2D eigenvalue weighted by atomic mass is 32.1. The van der Waals surface area contributed by atoms with Crippen LogP contribution in [0, 0.1) is 29.6 Å². The van der Waals surface area contributed by atoms with Crippen LogP contribution >= 0.6 is 11.3 Å². The van der Waals surface area contributed by atoms with Crippen molar-refractivity contribution >= 4 is 32.1 Å². The van der Waals surface area contributed by atoms with E-state index >= 15 is 0 Å². The Morgan fingerprint density at radius 3 is 2.61 bits per heavy atom. The second kappa shape index (κ2) is 4.83. The van der Waals surface area contributed by atoms with Crippen LogP contribution < -0.4 is 0 Å². The number of allylic oxidation sites excluding steroid dienone is 1. The number of aryl methyl sites for hydroxylation is 1. The van der Waals surface area contributed by atoms with Gasteiger partial charge in [-0.3, -0.25) is 0 Å². The summed E-state index contributed by atoms with van der Waals surface area (Å²) in [5.74, 6) is 0. The van der Waals surface area contributed by atoms with Gasteiger partial charge in [0, 0.05) is 4.70 Å². The Morgan fingerprint density at radius 1 is 1.28 bits per heavy atom. The Hall–Kier alpha value is -2.43. The third-order valence-electron chi connectivity index (χ3n) is 2.56. The molecule has 0 aliphatic heterocycles. The first-order valence-corrected chi connectivity index (χ1v) is 6.05. The van der Waals surface area contributed by atoms with E-state index in [9.17, 15) is 0 Å². The van der Waals surface area contributed by atoms with Gasteiger partial charge >= 0.3 is 0 Å². The normalized spacial score (nSPS) is 10.9. The molecule has 0 bridgehead atoms. The molecule has 1 heterocycles. The maximum atomic E-state index is 8.97. The number of benzene rings is 1. The standard InChI is InChI=1S/C14H9N3S/c1-9(7-15)12(8-16)17-14-10(2)11-5-3-4-6-13(11)18-14/h3-6H,1H2,2H3. The van der Waals surface area contributed by atoms with Crippen molar-refractivity contribution in [1.82, 2.24) is 0 Å². The first-order valence-electron chi connectivity index (χ1n) is 5.23. The number of aliphatic imine (C=N–C) groups is 1. The fraction of sp³-hybridized carbons (Fsp3) is 0.0714. The van der Waals surface area contributed by atoms with E-state index in [-0.39, 0.29) is 11.3 Å². The molecular formula is C14H9N3S. The van der Waals surface area contributed by atoms with E-state index in [1.54, 1.807) is 0 Å². The molecule has 2 rings (SSSR count). The molecular weight excluding hydrogens is 242 g/mol. The maximum absolute atomic E-state index is 8.97. The first-order chi connectivity index (χ1) is 8.67. The molecule has 0 unspecified atom stereocenters. The predicted octanol–water partition coefficient (Wildman–Crippen LogP) is 3.89. The van der Waals surface area contributed by atoms with E-state index in [0.717, 1.165) is 20.7 Å². The van der Waals surface area contributed by atoms with Crippen LogP contribution in [-0.2, 0) is 0 Å². The number of hydrogen-bond donors (Lipinski definition) is 0. The molecule has 1 aromatic carbocycles. The summed E-state index contributed by atoms with van der Waals surface area (Å²) in [6, 6.07) is 11.7. The highest BCUT2D eigenvalue weighted by Gasteiger charge is 2.09. The quantitative estimate of drug-likeness (QED) is 0.600. The van der Waals surface area contributed by atoms with Gasteiger partial charge in [-0.2, -0.15) is 10.5 Å². The van der Waals surface area contributed by atoms with E-state index in [2.05, 4.69) is 11.6 Å². The molecule has 0 aliphatic carbocycles. The monoisotopic (exact) mass is 251 g/mol. The number of nitrogens with zero attached hydrogens (tertiary/aromatic N) is 3. The Balaban J connectivity index is 2.60. The van der Waals surface area contributed by atoms with Gasteiger partial charge in [0.2, 0.25) is 0 Å². The van der Waals surface area contributed by atoms with Gasteiger partial charge in [0.25, 0.3) is 0 Å². The van der Waals surface area contributed by atoms with E-state index in [1.165, 1.54) is 11.3 Å². The summed E-state index contributed by atoms with van der Waals surface area (Å²) >= 11 is 1.51. The van der Waals surface area contributed by atoms with Crippen molar-refractivity contribution in [3.63, 3.8) is 0 Å². The number of thiophene rings is 1. The van der Waals surface area contributed by atoms with E-state index in [1.807, 2.05) is 43.3 Å². The van der Waals surface area contributed by atoms with Crippen LogP contribution in [0.15, 0.2) is 41.4 Å². The van der Waals surface area contributed by atoms with E-state index in [0.29, 0.717) is 0 Å². The largest absolute Gasteiger partial charge is 0.225 e. The third kappa shape index (κ3) is 2.02. The molecule has 3 nitrogen and oxygen atoms in total. The van der Waals surface area contributed by atoms with Gasteiger partial charge in [-0.15, -0.1) is 11.3 Å². The van der Waals surface area contributed by atoms with Crippen molar-refractivity contribution in [2.45, 2.75) is 6.92 Å². The number of nitriles is 2. The Bertz CT molecular complexity index is 738. The van der Waals surface area contributed by atoms with Crippen LogP contribution in [0.25, 0.3) is 10.1 Å². The molecule has 0 fully saturated rings. The van der Waals surface area contributed by atoms with Gasteiger partial charge in [0.05, 0.1) is 5.57 Å². The molecule has 0 N–H and O–H groups in total. The Morgan fingerprint density at radius 2 is 2.00 bits per heavy atom. The van der Waals surface area contributed by atoms with Crippen molar-refractivity contribution in [2.75, 3.05) is 0 Å². The van der Waals surface area contributed by atoms with Gasteiger partial charge in [0.15, 0.2) is 5.71 Å². The zero-order chi connectivity index (χ0) is 13.1. The summed E-state index contributed by atoms with van der Waals surface area (Å²) in [7, 11) is 0. The zero-order valence-electron chi connectivity index (χ0n) is 9.77. The van der Waals surface area contributed by atoms with Crippen molar-refractivity contribution in [3.05, 3.63) is 42.0 Å². The first kappa shape index (κ1) is 12.0. The van der Waals surface area contributed by atoms with Crippen LogP contribution in [0.4, 0.5) is 5.00 Å². The van der Waals surface area contributed by atoms with Gasteiger partial charge in [-0.1, -0.05) is 24.8 Å². The fourth-order valence-corrected chi connectivity index (χ4v) is 2.67. The van der Waals surface area contributed by atoms with Gasteiger partial charge in [-0.25, -0.2) is 4.99 Å². The summed E-state index contributed by atoms with van der Waals surface area (Å²) < 4.78 is 1.12. The highest BCUT2D eigenvalue weighted by Crippen LogP contribution is 2.37. The molecule has 4 heteroatoms. The van der Waals surface area contributed by atoms with Crippen LogP contribution in [0.1, 0.15) is 5.56 Å². The SMILES string of the molecule is C=C(C#N)C(C#N)=Nc1sc2ccccc2c1C. The average Bonchev–Trinajstić information content (AvgIpc) is 2.72. The zero-order valence-corrected chi connectivity index (χ0v) is 10.6. The molecule has 0 spiro atoms. The molecule has 2 aromatic rings. The van der Waals surface area contributed by atoms with E-state index < -0.39 is 0 Å². The summed E-state index contributed by atoms with van der Waals surface area (Å²) in [6.45, 7) is 5.47. The Labute approximate surface area is 109 Å². The van der Waals surface area contributed by atoms with Crippen LogP contribution in [-0.4, -0.2) is 5.71 Å². The van der Waals surface area contributed by atoms with Gasteiger partial charge in [-0.05, 0) is 23.9 Å². The molecule has 18 heavy (non-hydrogen) atoms. The predicted molar refractivity (Wildman–Crippen MR) is 74.0 cm³/mol. The number of hydrogen-bond acceptors (Lipinski definition) is 4. The lowest BCUT2D eigenvalue weighted by molar-refractivity contribution is 1.47. The molecule has 1 aromatic heterocycles. The van der Waals surface area contributed by atoms with Gasteiger partial charge < -0.3 is 0 Å². The average molecular weight is 251 g/mol.